The number of hydrogen-bond donors (Lipinski definition) is 1. The van der Waals surface area contributed by atoms with Crippen molar-refractivity contribution < 1.29 is 14.7 Å². The highest BCUT2D eigenvalue weighted by molar-refractivity contribution is 6.31. The molecule has 1 atom stereocenters. The van der Waals surface area contributed by atoms with Gasteiger partial charge in [-0.3, -0.25) is 9.59 Å². The van der Waals surface area contributed by atoms with Gasteiger partial charge in [0.1, 0.15) is 0 Å². The monoisotopic (exact) mass is 336 g/mol. The maximum absolute atomic E-state index is 12.7. The van der Waals surface area contributed by atoms with Gasteiger partial charge < -0.3 is 14.9 Å². The van der Waals surface area contributed by atoms with Crippen molar-refractivity contribution in [3.63, 3.8) is 0 Å². The standard InChI is InChI=1S/C17H21ClN2O3/c1-11-2-3-13(18)9-15(11)20-10-12(8-16(20)22)17(23)19(6-7-21)14-4-5-14/h2-3,9,12,14,21H,4-8,10H2,1H3. The molecule has 0 radical (unpaired) electrons. The van der Waals surface area contributed by atoms with Crippen molar-refractivity contribution in [3.8, 4) is 0 Å². The lowest BCUT2D eigenvalue weighted by molar-refractivity contribution is -0.136. The zero-order valence-electron chi connectivity index (χ0n) is 13.2. The molecule has 124 valence electrons. The van der Waals surface area contributed by atoms with E-state index in [0.717, 1.165) is 24.1 Å². The minimum atomic E-state index is -0.340. The van der Waals surface area contributed by atoms with E-state index in [1.807, 2.05) is 13.0 Å². The SMILES string of the molecule is Cc1ccc(Cl)cc1N1CC(C(=O)N(CCO)C2CC2)CC1=O. The molecule has 0 aromatic heterocycles. The number of anilines is 1. The summed E-state index contributed by atoms with van der Waals surface area (Å²) in [4.78, 5) is 28.5. The Morgan fingerprint density at radius 3 is 2.83 bits per heavy atom. The first-order valence-corrected chi connectivity index (χ1v) is 8.37. The second kappa shape index (κ2) is 6.49. The van der Waals surface area contributed by atoms with E-state index in [4.69, 9.17) is 16.7 Å². The van der Waals surface area contributed by atoms with Crippen molar-refractivity contribution in [2.24, 2.45) is 5.92 Å². The molecule has 1 aromatic carbocycles. The Kier molecular flexibility index (Phi) is 4.60. The number of aliphatic hydroxyl groups is 1. The van der Waals surface area contributed by atoms with Crippen molar-refractivity contribution in [1.29, 1.82) is 0 Å². The molecule has 0 bridgehead atoms. The molecule has 2 aliphatic rings. The third-order valence-electron chi connectivity index (χ3n) is 4.55. The molecule has 1 aliphatic heterocycles. The van der Waals surface area contributed by atoms with Gasteiger partial charge in [0.05, 0.1) is 12.5 Å². The molecule has 1 heterocycles. The van der Waals surface area contributed by atoms with Crippen molar-refractivity contribution in [2.45, 2.75) is 32.2 Å². The molecule has 2 amide bonds. The largest absolute Gasteiger partial charge is 0.395 e. The quantitative estimate of drug-likeness (QED) is 0.894. The molecule has 1 unspecified atom stereocenters. The molecule has 2 fully saturated rings. The minimum Gasteiger partial charge on any atom is -0.395 e. The number of rotatable bonds is 5. The van der Waals surface area contributed by atoms with E-state index in [-0.39, 0.29) is 36.8 Å². The number of carbonyl (C=O) groups is 2. The molecule has 6 heteroatoms. The van der Waals surface area contributed by atoms with Crippen LogP contribution in [-0.2, 0) is 9.59 Å². The summed E-state index contributed by atoms with van der Waals surface area (Å²) in [6.45, 7) is 2.62. The number of halogens is 1. The van der Waals surface area contributed by atoms with E-state index in [2.05, 4.69) is 0 Å². The molecule has 5 nitrogen and oxygen atoms in total. The highest BCUT2D eigenvalue weighted by Gasteiger charge is 2.41. The van der Waals surface area contributed by atoms with Gasteiger partial charge in [-0.2, -0.15) is 0 Å². The molecular weight excluding hydrogens is 316 g/mol. The average Bonchev–Trinajstić information content (AvgIpc) is 3.29. The van der Waals surface area contributed by atoms with Gasteiger partial charge in [0.2, 0.25) is 11.8 Å². The van der Waals surface area contributed by atoms with Gasteiger partial charge in [0, 0.05) is 36.3 Å². The van der Waals surface area contributed by atoms with E-state index in [0.29, 0.717) is 18.1 Å². The molecule has 1 saturated heterocycles. The van der Waals surface area contributed by atoms with Gasteiger partial charge in [0.25, 0.3) is 0 Å². The van der Waals surface area contributed by atoms with E-state index in [9.17, 15) is 9.59 Å². The van der Waals surface area contributed by atoms with Gasteiger partial charge in [-0.1, -0.05) is 17.7 Å². The van der Waals surface area contributed by atoms with Crippen LogP contribution in [0.2, 0.25) is 5.02 Å². The number of benzene rings is 1. The van der Waals surface area contributed by atoms with Crippen molar-refractivity contribution in [2.75, 3.05) is 24.6 Å². The van der Waals surface area contributed by atoms with Crippen LogP contribution in [0.15, 0.2) is 18.2 Å². The first kappa shape index (κ1) is 16.3. The highest BCUT2D eigenvalue weighted by atomic mass is 35.5. The summed E-state index contributed by atoms with van der Waals surface area (Å²) in [6.07, 6.45) is 2.20. The van der Waals surface area contributed by atoms with Crippen molar-refractivity contribution in [3.05, 3.63) is 28.8 Å². The molecule has 3 rings (SSSR count). The third-order valence-corrected chi connectivity index (χ3v) is 4.78. The summed E-state index contributed by atoms with van der Waals surface area (Å²) in [5, 5.41) is 9.74. The molecule has 0 spiro atoms. The lowest BCUT2D eigenvalue weighted by Gasteiger charge is -2.25. The maximum Gasteiger partial charge on any atom is 0.228 e. The van der Waals surface area contributed by atoms with Gasteiger partial charge >= 0.3 is 0 Å². The van der Waals surface area contributed by atoms with Crippen LogP contribution in [0.3, 0.4) is 0 Å². The zero-order chi connectivity index (χ0) is 16.6. The Balaban J connectivity index is 1.76. The van der Waals surface area contributed by atoms with Crippen LogP contribution in [0.1, 0.15) is 24.8 Å². The summed E-state index contributed by atoms with van der Waals surface area (Å²) in [6, 6.07) is 5.68. The first-order chi connectivity index (χ1) is 11.0. The summed E-state index contributed by atoms with van der Waals surface area (Å²) < 4.78 is 0. The Morgan fingerprint density at radius 1 is 1.43 bits per heavy atom. The molecule has 1 aliphatic carbocycles. The van der Waals surface area contributed by atoms with E-state index in [1.165, 1.54) is 0 Å². The average molecular weight is 337 g/mol. The number of aryl methyl sites for hydroxylation is 1. The van der Waals surface area contributed by atoms with Crippen LogP contribution in [0.5, 0.6) is 0 Å². The first-order valence-electron chi connectivity index (χ1n) is 7.99. The molecule has 1 saturated carbocycles. The number of amides is 2. The lowest BCUT2D eigenvalue weighted by Crippen LogP contribution is -2.40. The Labute approximate surface area is 140 Å². The molecular formula is C17H21ClN2O3. The van der Waals surface area contributed by atoms with Crippen LogP contribution in [0.4, 0.5) is 5.69 Å². The van der Waals surface area contributed by atoms with Gasteiger partial charge in [-0.25, -0.2) is 0 Å². The summed E-state index contributed by atoms with van der Waals surface area (Å²) in [5.74, 6) is -0.404. The molecule has 23 heavy (non-hydrogen) atoms. The van der Waals surface area contributed by atoms with Crippen LogP contribution >= 0.6 is 11.6 Å². The normalized spacial score (nSPS) is 20.9. The highest BCUT2D eigenvalue weighted by Crippen LogP contribution is 2.33. The zero-order valence-corrected chi connectivity index (χ0v) is 13.9. The smallest absolute Gasteiger partial charge is 0.228 e. The molecule has 1 N–H and O–H groups in total. The van der Waals surface area contributed by atoms with Crippen molar-refractivity contribution >= 4 is 29.1 Å². The number of hydrogen-bond acceptors (Lipinski definition) is 3. The predicted octanol–water partition coefficient (Wildman–Crippen LogP) is 1.98. The fourth-order valence-corrected chi connectivity index (χ4v) is 3.35. The van der Waals surface area contributed by atoms with Gasteiger partial charge in [-0.15, -0.1) is 0 Å². The molecule has 1 aromatic rings. The topological polar surface area (TPSA) is 60.9 Å². The Bertz CT molecular complexity index is 630. The van der Waals surface area contributed by atoms with E-state index in [1.54, 1.807) is 21.9 Å². The Hall–Kier alpha value is -1.59. The lowest BCUT2D eigenvalue weighted by atomic mass is 10.1. The van der Waals surface area contributed by atoms with Crippen LogP contribution in [0.25, 0.3) is 0 Å². The second-order valence-electron chi connectivity index (χ2n) is 6.32. The fraction of sp³-hybridized carbons (Fsp3) is 0.529. The number of carbonyl (C=O) groups excluding carboxylic acids is 2. The van der Waals surface area contributed by atoms with Crippen LogP contribution < -0.4 is 4.90 Å². The number of nitrogens with zero attached hydrogens (tertiary/aromatic N) is 2. The van der Waals surface area contributed by atoms with Gasteiger partial charge in [0.15, 0.2) is 0 Å². The van der Waals surface area contributed by atoms with Crippen LogP contribution in [-0.4, -0.2) is 47.6 Å². The van der Waals surface area contributed by atoms with Crippen molar-refractivity contribution in [1.82, 2.24) is 4.90 Å². The minimum absolute atomic E-state index is 0.0166. The Morgan fingerprint density at radius 2 is 2.17 bits per heavy atom. The van der Waals surface area contributed by atoms with Crippen LogP contribution in [0, 0.1) is 12.8 Å². The second-order valence-corrected chi connectivity index (χ2v) is 6.76. The number of aliphatic hydroxyl groups excluding tert-OH is 1. The summed E-state index contributed by atoms with van der Waals surface area (Å²) >= 11 is 6.04. The maximum atomic E-state index is 12.7. The van der Waals surface area contributed by atoms with E-state index < -0.39 is 0 Å². The summed E-state index contributed by atoms with van der Waals surface area (Å²) in [5.41, 5.74) is 1.74. The predicted molar refractivity (Wildman–Crippen MR) is 88.5 cm³/mol. The fourth-order valence-electron chi connectivity index (χ4n) is 3.18. The third kappa shape index (κ3) is 3.35. The van der Waals surface area contributed by atoms with E-state index >= 15 is 0 Å². The summed E-state index contributed by atoms with van der Waals surface area (Å²) in [7, 11) is 0. The van der Waals surface area contributed by atoms with Gasteiger partial charge in [-0.05, 0) is 37.5 Å².